The van der Waals surface area contributed by atoms with Gasteiger partial charge in [0, 0.05) is 27.5 Å². The first-order valence-corrected chi connectivity index (χ1v) is 12.2. The van der Waals surface area contributed by atoms with Crippen LogP contribution in [0.25, 0.3) is 21.9 Å². The molecule has 0 saturated carbocycles. The molecule has 5 rings (SSSR count). The van der Waals surface area contributed by atoms with Gasteiger partial charge in [-0.1, -0.05) is 105 Å². The van der Waals surface area contributed by atoms with Crippen LogP contribution in [0.15, 0.2) is 78.9 Å². The fourth-order valence-corrected chi connectivity index (χ4v) is 4.87. The number of rotatable bonds is 9. The van der Waals surface area contributed by atoms with Crippen LogP contribution < -0.4 is 4.74 Å². The van der Waals surface area contributed by atoms with Crippen molar-refractivity contribution in [3.63, 3.8) is 0 Å². The molecule has 4 aromatic rings. The first-order valence-electron chi connectivity index (χ1n) is 12.2. The number of fused-ring (bicyclic) bond motifs is 2. The maximum absolute atomic E-state index is 13.7. The summed E-state index contributed by atoms with van der Waals surface area (Å²) in [7, 11) is 0. The Kier molecular flexibility index (Phi) is 6.27. The van der Waals surface area contributed by atoms with Crippen LogP contribution in [0.5, 0.6) is 5.75 Å². The van der Waals surface area contributed by atoms with Crippen LogP contribution in [0.2, 0.25) is 0 Å². The van der Waals surface area contributed by atoms with Crippen molar-refractivity contribution in [2.75, 3.05) is 6.61 Å². The first-order chi connectivity index (χ1) is 16.7. The number of hydrogen-bond acceptors (Lipinski definition) is 3. The van der Waals surface area contributed by atoms with Crippen molar-refractivity contribution in [2.45, 2.75) is 39.0 Å². The van der Waals surface area contributed by atoms with Gasteiger partial charge in [-0.25, -0.2) is 0 Å². The van der Waals surface area contributed by atoms with E-state index in [1.54, 1.807) is 0 Å². The van der Waals surface area contributed by atoms with Gasteiger partial charge in [-0.15, -0.1) is 0 Å². The second kappa shape index (κ2) is 9.64. The fourth-order valence-electron chi connectivity index (χ4n) is 4.87. The molecule has 0 heterocycles. The monoisotopic (exact) mass is 448 g/mol. The summed E-state index contributed by atoms with van der Waals surface area (Å²) < 4.78 is 6.34. The van der Waals surface area contributed by atoms with Crippen molar-refractivity contribution in [2.24, 2.45) is 0 Å². The smallest absolute Gasteiger partial charge is 0.196 e. The standard InChI is InChI=1S/C31H28O3/c1-2-3-4-5-11-19-34-31-25-18-12-17-24-28(25)26(22-15-9-10-16-23(22)30(24)33)20-27(31)29(32)21-13-7-6-8-14-21/h6-10,12-18,20H,2-5,11,19H2,1H3. The van der Waals surface area contributed by atoms with Gasteiger partial charge in [-0.2, -0.15) is 0 Å². The zero-order chi connectivity index (χ0) is 23.5. The van der Waals surface area contributed by atoms with Gasteiger partial charge in [0.1, 0.15) is 5.75 Å². The van der Waals surface area contributed by atoms with Crippen molar-refractivity contribution >= 4 is 22.3 Å². The number of benzene rings is 4. The van der Waals surface area contributed by atoms with Crippen molar-refractivity contribution in [1.82, 2.24) is 0 Å². The molecule has 0 bridgehead atoms. The second-order valence-electron chi connectivity index (χ2n) is 8.86. The second-order valence-corrected chi connectivity index (χ2v) is 8.86. The van der Waals surface area contributed by atoms with Crippen LogP contribution >= 0.6 is 0 Å². The maximum Gasteiger partial charge on any atom is 0.196 e. The van der Waals surface area contributed by atoms with Crippen molar-refractivity contribution in [1.29, 1.82) is 0 Å². The molecular formula is C31H28O3. The van der Waals surface area contributed by atoms with E-state index in [9.17, 15) is 9.59 Å². The number of ether oxygens (including phenoxy) is 1. The topological polar surface area (TPSA) is 43.4 Å². The molecule has 0 atom stereocenters. The van der Waals surface area contributed by atoms with Gasteiger partial charge >= 0.3 is 0 Å². The summed E-state index contributed by atoms with van der Waals surface area (Å²) in [6.45, 7) is 2.74. The SMILES string of the molecule is CCCCCCCOc1c(C(=O)c2ccccc2)cc2c3c(cccc13)C(=O)c1ccccc1-2. The zero-order valence-corrected chi connectivity index (χ0v) is 19.5. The lowest BCUT2D eigenvalue weighted by Gasteiger charge is -2.23. The summed E-state index contributed by atoms with van der Waals surface area (Å²) in [5, 5.41) is 1.70. The van der Waals surface area contributed by atoms with Gasteiger partial charge in [0.05, 0.1) is 12.2 Å². The molecule has 1 aliphatic rings. The maximum atomic E-state index is 13.7. The third-order valence-corrected chi connectivity index (χ3v) is 6.59. The molecule has 0 radical (unpaired) electrons. The number of hydrogen-bond donors (Lipinski definition) is 0. The lowest BCUT2D eigenvalue weighted by molar-refractivity contribution is 0.103. The van der Waals surface area contributed by atoms with E-state index in [1.165, 1.54) is 19.3 Å². The molecule has 0 spiro atoms. The van der Waals surface area contributed by atoms with Gasteiger partial charge in [-0.3, -0.25) is 9.59 Å². The third kappa shape index (κ3) is 3.92. The van der Waals surface area contributed by atoms with Crippen LogP contribution in [-0.4, -0.2) is 18.2 Å². The summed E-state index contributed by atoms with van der Waals surface area (Å²) in [5.41, 5.74) is 4.28. The molecule has 3 heteroatoms. The number of carbonyl (C=O) groups is 2. The van der Waals surface area contributed by atoms with Crippen LogP contribution in [0, 0.1) is 0 Å². The minimum atomic E-state index is -0.0699. The van der Waals surface area contributed by atoms with E-state index < -0.39 is 0 Å². The Morgan fingerprint density at radius 1 is 0.735 bits per heavy atom. The Balaban J connectivity index is 1.67. The Labute approximate surface area is 200 Å². The molecule has 0 N–H and O–H groups in total. The highest BCUT2D eigenvalue weighted by atomic mass is 16.5. The van der Waals surface area contributed by atoms with Crippen LogP contribution in [0.4, 0.5) is 0 Å². The van der Waals surface area contributed by atoms with Gasteiger partial charge in [0.15, 0.2) is 11.6 Å². The van der Waals surface area contributed by atoms with E-state index in [0.29, 0.717) is 34.6 Å². The summed E-state index contributed by atoms with van der Waals surface area (Å²) in [4.78, 5) is 27.0. The molecule has 0 unspecified atom stereocenters. The molecule has 0 aromatic heterocycles. The van der Waals surface area contributed by atoms with Crippen molar-refractivity contribution in [3.05, 3.63) is 101 Å². The summed E-state index contributed by atoms with van der Waals surface area (Å²) in [6, 6.07) is 24.6. The minimum absolute atomic E-state index is 0.0151. The third-order valence-electron chi connectivity index (χ3n) is 6.59. The molecule has 4 aromatic carbocycles. The van der Waals surface area contributed by atoms with Crippen LogP contribution in [0.1, 0.15) is 70.9 Å². The Bertz CT molecular complexity index is 1370. The molecule has 170 valence electrons. The molecular weight excluding hydrogens is 420 g/mol. The fraction of sp³-hybridized carbons (Fsp3) is 0.226. The Morgan fingerprint density at radius 2 is 1.44 bits per heavy atom. The average Bonchev–Trinajstić information content (AvgIpc) is 2.89. The highest BCUT2D eigenvalue weighted by molar-refractivity contribution is 6.28. The van der Waals surface area contributed by atoms with Crippen molar-refractivity contribution in [3.8, 4) is 16.9 Å². The van der Waals surface area contributed by atoms with Gasteiger partial charge < -0.3 is 4.74 Å². The molecule has 0 aliphatic heterocycles. The summed E-state index contributed by atoms with van der Waals surface area (Å²) in [5.74, 6) is 0.526. The normalized spacial score (nSPS) is 12.0. The molecule has 3 nitrogen and oxygen atoms in total. The molecule has 0 saturated heterocycles. The van der Waals surface area contributed by atoms with E-state index in [2.05, 4.69) is 6.92 Å². The number of carbonyl (C=O) groups excluding carboxylic acids is 2. The predicted molar refractivity (Wildman–Crippen MR) is 137 cm³/mol. The summed E-state index contributed by atoms with van der Waals surface area (Å²) in [6.07, 6.45) is 5.64. The molecule has 0 amide bonds. The highest BCUT2D eigenvalue weighted by Gasteiger charge is 2.29. The quantitative estimate of drug-likeness (QED) is 0.172. The van der Waals surface area contributed by atoms with Crippen LogP contribution in [0.3, 0.4) is 0 Å². The van der Waals surface area contributed by atoms with Gasteiger partial charge in [0.2, 0.25) is 0 Å². The molecule has 1 aliphatic carbocycles. The average molecular weight is 449 g/mol. The lowest BCUT2D eigenvalue weighted by Crippen LogP contribution is -2.13. The minimum Gasteiger partial charge on any atom is -0.492 e. The summed E-state index contributed by atoms with van der Waals surface area (Å²) >= 11 is 0. The van der Waals surface area contributed by atoms with Crippen LogP contribution in [-0.2, 0) is 0 Å². The Morgan fingerprint density at radius 3 is 2.24 bits per heavy atom. The highest BCUT2D eigenvalue weighted by Crippen LogP contribution is 2.44. The van der Waals surface area contributed by atoms with Crippen molar-refractivity contribution < 1.29 is 14.3 Å². The van der Waals surface area contributed by atoms with E-state index in [-0.39, 0.29) is 11.6 Å². The number of unbranched alkanes of at least 4 members (excludes halogenated alkanes) is 4. The molecule has 0 fully saturated rings. The van der Waals surface area contributed by atoms with E-state index in [1.807, 2.05) is 78.9 Å². The van der Waals surface area contributed by atoms with Gasteiger partial charge in [-0.05, 0) is 23.6 Å². The van der Waals surface area contributed by atoms with Gasteiger partial charge in [0.25, 0.3) is 0 Å². The molecule has 34 heavy (non-hydrogen) atoms. The van der Waals surface area contributed by atoms with E-state index in [0.717, 1.165) is 34.7 Å². The first kappa shape index (κ1) is 22.1. The number of ketones is 2. The van der Waals surface area contributed by atoms with E-state index in [4.69, 9.17) is 4.74 Å². The zero-order valence-electron chi connectivity index (χ0n) is 19.5. The predicted octanol–water partition coefficient (Wildman–Crippen LogP) is 7.63. The van der Waals surface area contributed by atoms with E-state index >= 15 is 0 Å². The Hall–Kier alpha value is -3.72. The largest absolute Gasteiger partial charge is 0.492 e. The lowest BCUT2D eigenvalue weighted by atomic mass is 9.81.